The van der Waals surface area contributed by atoms with Crippen LogP contribution in [0.1, 0.15) is 38.8 Å². The molecule has 4 heterocycles. The number of aromatic hydroxyl groups is 1. The predicted octanol–water partition coefficient (Wildman–Crippen LogP) is 6.56. The molecular weight excluding hydrogens is 490 g/mol. The van der Waals surface area contributed by atoms with Crippen LogP contribution in [0.3, 0.4) is 0 Å². The van der Waals surface area contributed by atoms with E-state index in [2.05, 4.69) is 50.5 Å². The summed E-state index contributed by atoms with van der Waals surface area (Å²) >= 11 is 0. The van der Waals surface area contributed by atoms with Gasteiger partial charge in [-0.3, -0.25) is 0 Å². The van der Waals surface area contributed by atoms with Crippen molar-refractivity contribution in [3.63, 3.8) is 0 Å². The van der Waals surface area contributed by atoms with E-state index in [0.717, 1.165) is 72.1 Å². The molecule has 0 aliphatic carbocycles. The molecule has 7 heteroatoms. The van der Waals surface area contributed by atoms with Gasteiger partial charge in [0.15, 0.2) is 5.88 Å². The van der Waals surface area contributed by atoms with Crippen molar-refractivity contribution in [1.29, 1.82) is 0 Å². The van der Waals surface area contributed by atoms with Crippen LogP contribution in [0, 0.1) is 5.92 Å². The highest BCUT2D eigenvalue weighted by atomic mass is 16.5. The van der Waals surface area contributed by atoms with Gasteiger partial charge in [-0.25, -0.2) is 0 Å². The number of hydrogen-bond donors (Lipinski definition) is 3. The molecule has 1 aliphatic rings. The van der Waals surface area contributed by atoms with Crippen molar-refractivity contribution in [1.82, 2.24) is 14.1 Å². The molecule has 202 valence electrons. The maximum Gasteiger partial charge on any atom is 0.197 e. The van der Waals surface area contributed by atoms with Crippen molar-refractivity contribution < 1.29 is 19.7 Å². The zero-order valence-corrected chi connectivity index (χ0v) is 22.9. The Morgan fingerprint density at radius 2 is 1.33 bits per heavy atom. The van der Waals surface area contributed by atoms with E-state index < -0.39 is 0 Å². The predicted molar refractivity (Wildman–Crippen MR) is 156 cm³/mol. The van der Waals surface area contributed by atoms with Crippen LogP contribution in [-0.4, -0.2) is 43.1 Å². The number of aliphatic hydroxyl groups is 1. The van der Waals surface area contributed by atoms with E-state index in [1.807, 2.05) is 33.9 Å². The van der Waals surface area contributed by atoms with Gasteiger partial charge in [0.05, 0.1) is 41.8 Å². The first-order chi connectivity index (χ1) is 18.9. The van der Waals surface area contributed by atoms with Gasteiger partial charge in [-0.05, 0) is 63.1 Å². The molecule has 7 rings (SSSR count). The van der Waals surface area contributed by atoms with E-state index in [1.54, 1.807) is 0 Å². The van der Waals surface area contributed by atoms with Gasteiger partial charge in [-0.15, -0.1) is 0 Å². The molecule has 0 saturated heterocycles. The summed E-state index contributed by atoms with van der Waals surface area (Å²) < 4.78 is 16.6. The monoisotopic (exact) mass is 525 g/mol. The highest BCUT2D eigenvalue weighted by Crippen LogP contribution is 2.48. The minimum Gasteiger partial charge on any atom is -0.494 e. The fourth-order valence-corrected chi connectivity index (χ4v) is 6.46. The first kappa shape index (κ1) is 24.5. The molecule has 1 atom stereocenters. The number of aromatic amines is 1. The Balaban J connectivity index is 1.63. The lowest BCUT2D eigenvalue weighted by Gasteiger charge is -2.16. The minimum atomic E-state index is 0.0532. The molecule has 3 aromatic heterocycles. The quantitative estimate of drug-likeness (QED) is 0.220. The van der Waals surface area contributed by atoms with Crippen LogP contribution in [0.5, 0.6) is 5.88 Å². The van der Waals surface area contributed by atoms with E-state index in [9.17, 15) is 10.2 Å². The lowest BCUT2D eigenvalue weighted by Crippen LogP contribution is -2.18. The highest BCUT2D eigenvalue weighted by Gasteiger charge is 2.29. The van der Waals surface area contributed by atoms with E-state index >= 15 is 0 Å². The summed E-state index contributed by atoms with van der Waals surface area (Å²) in [6, 6.07) is 13.1. The third-order valence-electron chi connectivity index (χ3n) is 8.17. The van der Waals surface area contributed by atoms with Gasteiger partial charge in [-0.2, -0.15) is 0 Å². The Bertz CT molecular complexity index is 1890. The second-order valence-corrected chi connectivity index (χ2v) is 11.6. The Labute approximate surface area is 226 Å². The number of benzene rings is 3. The maximum absolute atomic E-state index is 11.2. The Kier molecular flexibility index (Phi) is 5.67. The number of ether oxygens (including phenoxy) is 2. The second-order valence-electron chi connectivity index (χ2n) is 11.6. The zero-order chi connectivity index (χ0) is 27.0. The number of H-pyrrole nitrogens is 1. The Morgan fingerprint density at radius 3 is 1.87 bits per heavy atom. The molecule has 3 aromatic carbocycles. The standard InChI is InChI=1S/C32H35N3O4/c1-17(2)38-15-19-5-7-25-22(9-19)27-24-11-33-32(37)29(24)28-23-10-20(16-39-18(3)4)6-8-26(23)35-13-21(14-36)12-34(25)30(27)31(28)35/h5-11,17-18,21,33,36-37H,12-16H2,1-4H3. The highest BCUT2D eigenvalue weighted by molar-refractivity contribution is 6.36. The van der Waals surface area contributed by atoms with Gasteiger partial charge in [-0.1, -0.05) is 12.1 Å². The van der Waals surface area contributed by atoms with Crippen LogP contribution in [0.25, 0.3) is 54.4 Å². The molecular formula is C32H35N3O4. The smallest absolute Gasteiger partial charge is 0.197 e. The number of nitrogens with one attached hydrogen (secondary N) is 1. The third-order valence-corrected chi connectivity index (χ3v) is 8.17. The molecule has 6 aromatic rings. The van der Waals surface area contributed by atoms with Crippen LogP contribution >= 0.6 is 0 Å². The first-order valence-electron chi connectivity index (χ1n) is 13.9. The Morgan fingerprint density at radius 1 is 0.795 bits per heavy atom. The number of fused-ring (bicyclic) bond motifs is 9. The average Bonchev–Trinajstić information content (AvgIpc) is 3.51. The van der Waals surface area contributed by atoms with E-state index in [-0.39, 0.29) is 30.6 Å². The maximum atomic E-state index is 11.2. The van der Waals surface area contributed by atoms with Crippen molar-refractivity contribution in [2.75, 3.05) is 6.61 Å². The molecule has 0 amide bonds. The van der Waals surface area contributed by atoms with Crippen LogP contribution in [0.2, 0.25) is 0 Å². The largest absolute Gasteiger partial charge is 0.494 e. The van der Waals surface area contributed by atoms with Crippen LogP contribution in [0.15, 0.2) is 42.6 Å². The molecule has 3 N–H and O–H groups in total. The molecule has 1 unspecified atom stereocenters. The summed E-state index contributed by atoms with van der Waals surface area (Å²) in [5, 5.41) is 27.9. The fourth-order valence-electron chi connectivity index (χ4n) is 6.46. The molecule has 0 radical (unpaired) electrons. The molecule has 0 fully saturated rings. The summed E-state index contributed by atoms with van der Waals surface area (Å²) in [5.41, 5.74) is 6.72. The van der Waals surface area contributed by atoms with E-state index in [4.69, 9.17) is 9.47 Å². The number of aromatic nitrogens is 3. The van der Waals surface area contributed by atoms with Crippen molar-refractivity contribution in [2.45, 2.75) is 66.2 Å². The third kappa shape index (κ3) is 3.68. The summed E-state index contributed by atoms with van der Waals surface area (Å²) in [4.78, 5) is 3.12. The van der Waals surface area contributed by atoms with Crippen LogP contribution < -0.4 is 0 Å². The topological polar surface area (TPSA) is 84.6 Å². The van der Waals surface area contributed by atoms with Crippen molar-refractivity contribution in [2.24, 2.45) is 5.92 Å². The summed E-state index contributed by atoms with van der Waals surface area (Å²) in [6.45, 7) is 10.8. The minimum absolute atomic E-state index is 0.0532. The lowest BCUT2D eigenvalue weighted by molar-refractivity contribution is 0.0656. The molecule has 39 heavy (non-hydrogen) atoms. The number of nitrogens with zero attached hydrogens (tertiary/aromatic N) is 2. The van der Waals surface area contributed by atoms with Crippen LogP contribution in [0.4, 0.5) is 0 Å². The molecule has 0 spiro atoms. The molecule has 7 nitrogen and oxygen atoms in total. The summed E-state index contributed by atoms with van der Waals surface area (Å²) in [7, 11) is 0. The van der Waals surface area contributed by atoms with Gasteiger partial charge in [0.25, 0.3) is 0 Å². The number of aliphatic hydroxyl groups excluding tert-OH is 1. The normalized spacial score (nSPS) is 15.9. The molecule has 1 aliphatic heterocycles. The van der Waals surface area contributed by atoms with E-state index in [1.165, 1.54) is 0 Å². The summed E-state index contributed by atoms with van der Waals surface area (Å²) in [6.07, 6.45) is 2.23. The molecule has 0 saturated carbocycles. The van der Waals surface area contributed by atoms with Crippen LogP contribution in [-0.2, 0) is 35.8 Å². The fraction of sp³-hybridized carbons (Fsp3) is 0.375. The van der Waals surface area contributed by atoms with Crippen molar-refractivity contribution >= 4 is 54.4 Å². The molecule has 0 bridgehead atoms. The number of rotatable bonds is 7. The second kappa shape index (κ2) is 9.01. The first-order valence-corrected chi connectivity index (χ1v) is 13.9. The van der Waals surface area contributed by atoms with E-state index in [0.29, 0.717) is 19.8 Å². The van der Waals surface area contributed by atoms with Gasteiger partial charge in [0.1, 0.15) is 0 Å². The van der Waals surface area contributed by atoms with Gasteiger partial charge in [0.2, 0.25) is 0 Å². The lowest BCUT2D eigenvalue weighted by atomic mass is 10.0. The van der Waals surface area contributed by atoms with Gasteiger partial charge in [0, 0.05) is 69.8 Å². The van der Waals surface area contributed by atoms with Crippen molar-refractivity contribution in [3.05, 3.63) is 53.7 Å². The summed E-state index contributed by atoms with van der Waals surface area (Å²) in [5.74, 6) is 0.232. The number of hydrogen-bond acceptors (Lipinski definition) is 4. The van der Waals surface area contributed by atoms with Gasteiger partial charge >= 0.3 is 0 Å². The Hall–Kier alpha value is -3.52. The zero-order valence-electron chi connectivity index (χ0n) is 22.9. The van der Waals surface area contributed by atoms with Crippen molar-refractivity contribution in [3.8, 4) is 5.88 Å². The van der Waals surface area contributed by atoms with Gasteiger partial charge < -0.3 is 33.8 Å². The average molecular weight is 526 g/mol. The SMILES string of the molecule is CC(C)OCc1ccc2c(c1)c1c3c[nH]c(O)c3c3c4cc(COC(C)C)ccc4n4c3c1n2CC(CO)C4.